The van der Waals surface area contributed by atoms with Crippen molar-refractivity contribution in [3.8, 4) is 22.8 Å². The predicted molar refractivity (Wildman–Crippen MR) is 127 cm³/mol. The molecule has 3 aromatic heterocycles. The van der Waals surface area contributed by atoms with E-state index in [1.807, 2.05) is 18.2 Å². The number of benzene rings is 2. The van der Waals surface area contributed by atoms with Crippen molar-refractivity contribution in [2.45, 2.75) is 6.54 Å². The number of methoxy groups -OCH3 is 2. The van der Waals surface area contributed by atoms with Gasteiger partial charge in [-0.2, -0.15) is 5.10 Å². The lowest BCUT2D eigenvalue weighted by Gasteiger charge is -2.11. The Morgan fingerprint density at radius 3 is 2.56 bits per heavy atom. The van der Waals surface area contributed by atoms with Gasteiger partial charge in [-0.05, 0) is 30.3 Å². The van der Waals surface area contributed by atoms with Gasteiger partial charge in [0, 0.05) is 29.0 Å². The normalized spacial score (nSPS) is 11.1. The average Bonchev–Trinajstić information content (AvgIpc) is 3.41. The highest BCUT2D eigenvalue weighted by atomic mass is 35.5. The summed E-state index contributed by atoms with van der Waals surface area (Å²) in [5.41, 5.74) is 2.60. The predicted octanol–water partition coefficient (Wildman–Crippen LogP) is 3.12. The van der Waals surface area contributed by atoms with Gasteiger partial charge in [0.15, 0.2) is 5.65 Å². The number of carbonyl (C=O) groups is 1. The van der Waals surface area contributed by atoms with Crippen LogP contribution in [-0.4, -0.2) is 43.9 Å². The van der Waals surface area contributed by atoms with Crippen molar-refractivity contribution >= 4 is 34.4 Å². The Hall–Kier alpha value is -4.31. The number of carbonyl (C=O) groups excluding carboxylic acids is 1. The van der Waals surface area contributed by atoms with Crippen molar-refractivity contribution in [3.63, 3.8) is 0 Å². The van der Waals surface area contributed by atoms with E-state index >= 15 is 0 Å². The number of hydrogen-bond acceptors (Lipinski definition) is 6. The number of fused-ring (bicyclic) bond motifs is 3. The van der Waals surface area contributed by atoms with E-state index in [0.717, 1.165) is 10.2 Å². The highest BCUT2D eigenvalue weighted by Gasteiger charge is 2.16. The maximum Gasteiger partial charge on any atom is 0.350 e. The molecule has 3 heterocycles. The van der Waals surface area contributed by atoms with Gasteiger partial charge < -0.3 is 14.8 Å². The molecule has 0 spiro atoms. The van der Waals surface area contributed by atoms with Gasteiger partial charge in [0.25, 0.3) is 0 Å². The fourth-order valence-corrected chi connectivity index (χ4v) is 3.75. The molecule has 1 amide bonds. The highest BCUT2D eigenvalue weighted by Crippen LogP contribution is 2.29. The molecule has 0 aliphatic carbocycles. The topological polar surface area (TPSA) is 104 Å². The molecule has 2 aromatic carbocycles. The van der Waals surface area contributed by atoms with E-state index < -0.39 is 11.6 Å². The molecule has 0 aliphatic heterocycles. The summed E-state index contributed by atoms with van der Waals surface area (Å²) in [6.45, 7) is -0.278. The van der Waals surface area contributed by atoms with Crippen LogP contribution < -0.4 is 20.5 Å². The Balaban J connectivity index is 1.45. The Morgan fingerprint density at radius 1 is 1.03 bits per heavy atom. The third-order valence-electron chi connectivity index (χ3n) is 5.31. The molecule has 0 atom stereocenters. The molecule has 0 radical (unpaired) electrons. The van der Waals surface area contributed by atoms with Gasteiger partial charge in [-0.25, -0.2) is 18.4 Å². The van der Waals surface area contributed by atoms with Crippen molar-refractivity contribution in [2.75, 3.05) is 19.5 Å². The van der Waals surface area contributed by atoms with E-state index in [4.69, 9.17) is 21.1 Å². The Kier molecular flexibility index (Phi) is 5.42. The molecule has 0 fully saturated rings. The largest absolute Gasteiger partial charge is 0.497 e. The summed E-state index contributed by atoms with van der Waals surface area (Å²) < 4.78 is 14.6. The van der Waals surface area contributed by atoms with Crippen molar-refractivity contribution < 1.29 is 14.3 Å². The van der Waals surface area contributed by atoms with Crippen LogP contribution in [0.2, 0.25) is 5.02 Å². The first-order valence-corrected chi connectivity index (χ1v) is 10.6. The number of amides is 1. The van der Waals surface area contributed by atoms with E-state index in [0.29, 0.717) is 39.1 Å². The van der Waals surface area contributed by atoms with Crippen LogP contribution in [0.5, 0.6) is 11.5 Å². The second-order valence-electron chi connectivity index (χ2n) is 7.41. The zero-order valence-electron chi connectivity index (χ0n) is 18.2. The summed E-state index contributed by atoms with van der Waals surface area (Å²) in [5.74, 6) is 0.598. The van der Waals surface area contributed by atoms with Gasteiger partial charge >= 0.3 is 5.69 Å². The zero-order valence-corrected chi connectivity index (χ0v) is 19.0. The van der Waals surface area contributed by atoms with Crippen LogP contribution in [0.25, 0.3) is 22.4 Å². The molecule has 11 heteroatoms. The summed E-state index contributed by atoms with van der Waals surface area (Å²) in [7, 11) is 3.03. The summed E-state index contributed by atoms with van der Waals surface area (Å²) in [6.07, 6.45) is 3.23. The molecule has 0 unspecified atom stereocenters. The minimum Gasteiger partial charge on any atom is -0.497 e. The molecule has 5 aromatic rings. The summed E-state index contributed by atoms with van der Waals surface area (Å²) in [6, 6.07) is 14.1. The lowest BCUT2D eigenvalue weighted by Crippen LogP contribution is -2.28. The second kappa shape index (κ2) is 8.56. The van der Waals surface area contributed by atoms with Crippen LogP contribution in [0.1, 0.15) is 0 Å². The van der Waals surface area contributed by atoms with E-state index in [1.165, 1.54) is 11.5 Å². The average molecular weight is 479 g/mol. The smallest absolute Gasteiger partial charge is 0.350 e. The van der Waals surface area contributed by atoms with Crippen LogP contribution in [0.3, 0.4) is 0 Å². The number of ether oxygens (including phenoxy) is 2. The van der Waals surface area contributed by atoms with Crippen LogP contribution in [0.15, 0.2) is 65.7 Å². The first-order valence-electron chi connectivity index (χ1n) is 10.2. The number of nitrogens with zero attached hydrogens (tertiary/aromatic N) is 5. The standard InChI is InChI=1S/C23H19ClN6O4/c1-33-16-7-8-17(20(11-16)34-2)25-21(31)13-30-23(32)28-9-10-29-19(22(28)27-30)12-18(26-29)14-3-5-15(24)6-4-14/h3-12H,13H2,1-2H3,(H,25,31). The van der Waals surface area contributed by atoms with Crippen molar-refractivity contribution in [2.24, 2.45) is 0 Å². The van der Waals surface area contributed by atoms with Crippen molar-refractivity contribution in [1.82, 2.24) is 23.8 Å². The second-order valence-corrected chi connectivity index (χ2v) is 7.85. The Morgan fingerprint density at radius 2 is 1.82 bits per heavy atom. The third-order valence-corrected chi connectivity index (χ3v) is 5.56. The van der Waals surface area contributed by atoms with E-state index in [2.05, 4.69) is 15.5 Å². The SMILES string of the molecule is COc1ccc(NC(=O)Cn2nc3c4cc(-c5ccc(Cl)cc5)nn4ccn3c2=O)c(OC)c1. The molecule has 5 rings (SSSR count). The molecule has 0 bridgehead atoms. The van der Waals surface area contributed by atoms with Crippen LogP contribution in [-0.2, 0) is 11.3 Å². The van der Waals surface area contributed by atoms with Crippen molar-refractivity contribution in [3.05, 3.63) is 76.4 Å². The van der Waals surface area contributed by atoms with Crippen LogP contribution in [0, 0.1) is 0 Å². The molecular formula is C23H19ClN6O4. The number of hydrogen-bond donors (Lipinski definition) is 1. The maximum absolute atomic E-state index is 12.9. The zero-order chi connectivity index (χ0) is 23.8. The number of nitrogens with one attached hydrogen (secondary N) is 1. The van der Waals surface area contributed by atoms with Crippen LogP contribution >= 0.6 is 11.6 Å². The number of aromatic nitrogens is 5. The third kappa shape index (κ3) is 3.84. The lowest BCUT2D eigenvalue weighted by molar-refractivity contribution is -0.117. The molecule has 0 saturated heterocycles. The molecule has 0 saturated carbocycles. The number of halogens is 1. The summed E-state index contributed by atoms with van der Waals surface area (Å²) in [4.78, 5) is 25.6. The maximum atomic E-state index is 12.9. The van der Waals surface area contributed by atoms with Gasteiger partial charge in [0.2, 0.25) is 5.91 Å². The molecular weight excluding hydrogens is 460 g/mol. The highest BCUT2D eigenvalue weighted by molar-refractivity contribution is 6.30. The van der Waals surface area contributed by atoms with E-state index in [1.54, 1.807) is 54.4 Å². The fraction of sp³-hybridized carbons (Fsp3) is 0.130. The number of rotatable bonds is 6. The molecule has 10 nitrogen and oxygen atoms in total. The molecule has 0 aliphatic rings. The fourth-order valence-electron chi connectivity index (χ4n) is 3.63. The van der Waals surface area contributed by atoms with Gasteiger partial charge in [0.1, 0.15) is 23.6 Å². The molecule has 34 heavy (non-hydrogen) atoms. The van der Waals surface area contributed by atoms with Gasteiger partial charge in [-0.3, -0.25) is 4.79 Å². The van der Waals surface area contributed by atoms with E-state index in [9.17, 15) is 9.59 Å². The first kappa shape index (κ1) is 21.5. The van der Waals surface area contributed by atoms with Gasteiger partial charge in [-0.1, -0.05) is 23.7 Å². The van der Waals surface area contributed by atoms with Gasteiger partial charge in [0.05, 0.1) is 25.6 Å². The first-order chi connectivity index (χ1) is 16.5. The molecule has 172 valence electrons. The number of anilines is 1. The van der Waals surface area contributed by atoms with E-state index in [-0.39, 0.29) is 6.54 Å². The van der Waals surface area contributed by atoms with Gasteiger partial charge in [-0.15, -0.1) is 5.10 Å². The Bertz CT molecular complexity index is 1590. The summed E-state index contributed by atoms with van der Waals surface area (Å²) >= 11 is 5.98. The minimum absolute atomic E-state index is 0.278. The molecule has 1 N–H and O–H groups in total. The van der Waals surface area contributed by atoms with Crippen molar-refractivity contribution in [1.29, 1.82) is 0 Å². The minimum atomic E-state index is -0.441. The Labute approximate surface area is 197 Å². The summed E-state index contributed by atoms with van der Waals surface area (Å²) in [5, 5.41) is 12.3. The monoisotopic (exact) mass is 478 g/mol. The quantitative estimate of drug-likeness (QED) is 0.402. The lowest BCUT2D eigenvalue weighted by atomic mass is 10.1. The van der Waals surface area contributed by atoms with Crippen LogP contribution in [0.4, 0.5) is 5.69 Å².